The van der Waals surface area contributed by atoms with Crippen LogP contribution >= 0.6 is 15.9 Å². The first-order valence-corrected chi connectivity index (χ1v) is 8.53. The lowest BCUT2D eigenvalue weighted by molar-refractivity contribution is 0.0434. The second-order valence-electron chi connectivity index (χ2n) is 5.75. The summed E-state index contributed by atoms with van der Waals surface area (Å²) < 4.78 is 6.24. The number of carbonyl (C=O) groups excluding carboxylic acids is 1. The molecule has 0 spiro atoms. The normalized spacial score (nSPS) is 23.0. The largest absolute Gasteiger partial charge is 0.506 e. The van der Waals surface area contributed by atoms with Crippen LogP contribution in [0.1, 0.15) is 23.2 Å². The molecule has 2 aromatic rings. The maximum atomic E-state index is 12.3. The van der Waals surface area contributed by atoms with Gasteiger partial charge < -0.3 is 20.3 Å². The van der Waals surface area contributed by atoms with Gasteiger partial charge in [0.25, 0.3) is 5.91 Å². The van der Waals surface area contributed by atoms with Crippen molar-refractivity contribution >= 4 is 21.8 Å². The number of phenols is 1. The summed E-state index contributed by atoms with van der Waals surface area (Å²) in [5.41, 5.74) is 0.170. The van der Waals surface area contributed by atoms with E-state index in [0.717, 1.165) is 0 Å². The lowest BCUT2D eigenvalue weighted by Gasteiger charge is -2.22. The van der Waals surface area contributed by atoms with Gasteiger partial charge in [0.05, 0.1) is 16.1 Å². The number of benzene rings is 2. The summed E-state index contributed by atoms with van der Waals surface area (Å²) in [6.07, 6.45) is 0.0854. The van der Waals surface area contributed by atoms with Crippen molar-refractivity contribution in [1.29, 1.82) is 0 Å². The molecule has 126 valence electrons. The Labute approximate surface area is 148 Å². The molecule has 0 saturated heterocycles. The average Bonchev–Trinajstić information content (AvgIpc) is 2.91. The highest BCUT2D eigenvalue weighted by atomic mass is 79.9. The number of hydrogen-bond donors (Lipinski definition) is 3. The van der Waals surface area contributed by atoms with E-state index in [1.807, 2.05) is 30.3 Å². The van der Waals surface area contributed by atoms with E-state index in [2.05, 4.69) is 21.2 Å². The zero-order valence-corrected chi connectivity index (χ0v) is 14.4. The van der Waals surface area contributed by atoms with Crippen LogP contribution in [0.5, 0.6) is 11.5 Å². The van der Waals surface area contributed by atoms with Gasteiger partial charge >= 0.3 is 0 Å². The number of halogens is 1. The summed E-state index contributed by atoms with van der Waals surface area (Å²) in [6.45, 7) is 0. The molecule has 1 fully saturated rings. The van der Waals surface area contributed by atoms with Crippen molar-refractivity contribution in [2.75, 3.05) is 0 Å². The van der Waals surface area contributed by atoms with Gasteiger partial charge in [-0.3, -0.25) is 4.79 Å². The van der Waals surface area contributed by atoms with E-state index in [1.54, 1.807) is 12.1 Å². The molecule has 1 aliphatic carbocycles. The highest BCUT2D eigenvalue weighted by Crippen LogP contribution is 2.29. The van der Waals surface area contributed by atoms with E-state index in [0.29, 0.717) is 23.1 Å². The van der Waals surface area contributed by atoms with Crippen molar-refractivity contribution in [3.63, 3.8) is 0 Å². The van der Waals surface area contributed by atoms with E-state index in [9.17, 15) is 15.0 Å². The Bertz CT molecular complexity index is 722. The van der Waals surface area contributed by atoms with Crippen molar-refractivity contribution < 1.29 is 19.7 Å². The summed E-state index contributed by atoms with van der Waals surface area (Å²) in [5, 5.41) is 23.2. The molecule has 3 atom stereocenters. The van der Waals surface area contributed by atoms with Crippen molar-refractivity contribution in [3.8, 4) is 11.5 Å². The third kappa shape index (κ3) is 3.55. The summed E-state index contributed by atoms with van der Waals surface area (Å²) in [5.74, 6) is 0.163. The van der Waals surface area contributed by atoms with Gasteiger partial charge in [-0.1, -0.05) is 24.3 Å². The molecule has 2 aromatic carbocycles. The molecule has 3 rings (SSSR count). The fraction of sp³-hybridized carbons (Fsp3) is 0.278. The lowest BCUT2D eigenvalue weighted by Crippen LogP contribution is -2.44. The van der Waals surface area contributed by atoms with Crippen molar-refractivity contribution in [2.45, 2.75) is 31.1 Å². The first-order valence-electron chi connectivity index (χ1n) is 7.74. The number of nitrogens with one attached hydrogen (secondary N) is 1. The number of phenolic OH excluding ortho intramolecular Hbond substituents is 1. The first-order chi connectivity index (χ1) is 11.6. The Morgan fingerprint density at radius 1 is 1.12 bits per heavy atom. The molecule has 24 heavy (non-hydrogen) atoms. The van der Waals surface area contributed by atoms with Gasteiger partial charge in [0.2, 0.25) is 0 Å². The summed E-state index contributed by atoms with van der Waals surface area (Å²) in [7, 11) is 0. The number of rotatable bonds is 4. The van der Waals surface area contributed by atoms with Crippen LogP contribution in [0.4, 0.5) is 0 Å². The van der Waals surface area contributed by atoms with Crippen LogP contribution in [0.25, 0.3) is 0 Å². The Morgan fingerprint density at radius 2 is 1.88 bits per heavy atom. The van der Waals surface area contributed by atoms with Gasteiger partial charge in [0, 0.05) is 0 Å². The second kappa shape index (κ2) is 7.23. The number of aromatic hydroxyl groups is 1. The minimum absolute atomic E-state index is 0.112. The van der Waals surface area contributed by atoms with Crippen molar-refractivity contribution in [1.82, 2.24) is 5.32 Å². The van der Waals surface area contributed by atoms with Crippen molar-refractivity contribution in [3.05, 3.63) is 58.6 Å². The van der Waals surface area contributed by atoms with Gasteiger partial charge in [-0.25, -0.2) is 0 Å². The predicted molar refractivity (Wildman–Crippen MR) is 93.2 cm³/mol. The Morgan fingerprint density at radius 3 is 2.62 bits per heavy atom. The third-order valence-electron chi connectivity index (χ3n) is 4.13. The van der Waals surface area contributed by atoms with Crippen LogP contribution < -0.4 is 10.1 Å². The monoisotopic (exact) mass is 391 g/mol. The Kier molecular flexibility index (Phi) is 5.06. The fourth-order valence-electron chi connectivity index (χ4n) is 2.85. The number of para-hydroxylation sites is 2. The SMILES string of the molecule is O=C(N[C@@H]1CC[C@@H](Oc2ccccc2)[C@@H]1O)c1cccc(Br)c1O. The minimum atomic E-state index is -0.802. The van der Waals surface area contributed by atoms with Gasteiger partial charge in [-0.2, -0.15) is 0 Å². The molecule has 1 amide bonds. The molecule has 6 heteroatoms. The standard InChI is InChI=1S/C18H18BrNO4/c19-13-8-4-7-12(16(13)21)18(23)20-14-9-10-15(17(14)22)24-11-5-2-1-3-6-11/h1-8,14-15,17,21-22H,9-10H2,(H,20,23)/t14-,15-,17-/m1/s1. The molecule has 5 nitrogen and oxygen atoms in total. The van der Waals surface area contributed by atoms with Crippen LogP contribution in [-0.4, -0.2) is 34.4 Å². The van der Waals surface area contributed by atoms with Crippen LogP contribution in [0.2, 0.25) is 0 Å². The fourth-order valence-corrected chi connectivity index (χ4v) is 3.22. The van der Waals surface area contributed by atoms with E-state index >= 15 is 0 Å². The third-order valence-corrected chi connectivity index (χ3v) is 4.77. The summed E-state index contributed by atoms with van der Waals surface area (Å²) in [6, 6.07) is 13.7. The molecule has 0 heterocycles. The summed E-state index contributed by atoms with van der Waals surface area (Å²) in [4.78, 5) is 12.3. The van der Waals surface area contributed by atoms with Gasteiger partial charge in [-0.15, -0.1) is 0 Å². The first kappa shape index (κ1) is 16.8. The predicted octanol–water partition coefficient (Wildman–Crippen LogP) is 2.86. The summed E-state index contributed by atoms with van der Waals surface area (Å²) >= 11 is 3.19. The number of carbonyl (C=O) groups is 1. The highest BCUT2D eigenvalue weighted by Gasteiger charge is 2.37. The molecule has 0 aliphatic heterocycles. The highest BCUT2D eigenvalue weighted by molar-refractivity contribution is 9.10. The lowest BCUT2D eigenvalue weighted by atomic mass is 10.1. The molecule has 1 aliphatic rings. The molecular formula is C18H18BrNO4. The van der Waals surface area contributed by atoms with Gasteiger partial charge in [0.15, 0.2) is 0 Å². The number of aliphatic hydroxyl groups is 1. The number of hydrogen-bond acceptors (Lipinski definition) is 4. The Hall–Kier alpha value is -2.05. The van der Waals surface area contributed by atoms with E-state index < -0.39 is 18.1 Å². The quantitative estimate of drug-likeness (QED) is 0.748. The molecule has 0 radical (unpaired) electrons. The van der Waals surface area contributed by atoms with Crippen molar-refractivity contribution in [2.24, 2.45) is 0 Å². The average molecular weight is 392 g/mol. The smallest absolute Gasteiger partial charge is 0.255 e. The molecule has 0 aromatic heterocycles. The van der Waals surface area contributed by atoms with Crippen LogP contribution in [0.3, 0.4) is 0 Å². The molecular weight excluding hydrogens is 374 g/mol. The number of aliphatic hydroxyl groups excluding tert-OH is 1. The van der Waals surface area contributed by atoms with Crippen LogP contribution in [0.15, 0.2) is 53.0 Å². The topological polar surface area (TPSA) is 78.8 Å². The van der Waals surface area contributed by atoms with E-state index in [1.165, 1.54) is 6.07 Å². The number of ether oxygens (including phenoxy) is 1. The van der Waals surface area contributed by atoms with Gasteiger partial charge in [0.1, 0.15) is 23.7 Å². The van der Waals surface area contributed by atoms with Gasteiger partial charge in [-0.05, 0) is 53.0 Å². The molecule has 1 saturated carbocycles. The second-order valence-corrected chi connectivity index (χ2v) is 6.61. The molecule has 3 N–H and O–H groups in total. The van der Waals surface area contributed by atoms with Crippen LogP contribution in [0, 0.1) is 0 Å². The maximum absolute atomic E-state index is 12.3. The Balaban J connectivity index is 1.64. The molecule has 0 unspecified atom stereocenters. The van der Waals surface area contributed by atoms with E-state index in [-0.39, 0.29) is 17.4 Å². The zero-order valence-electron chi connectivity index (χ0n) is 12.9. The zero-order chi connectivity index (χ0) is 17.1. The minimum Gasteiger partial charge on any atom is -0.506 e. The number of amides is 1. The van der Waals surface area contributed by atoms with E-state index in [4.69, 9.17) is 4.74 Å². The molecule has 0 bridgehead atoms. The maximum Gasteiger partial charge on any atom is 0.255 e. The van der Waals surface area contributed by atoms with Crippen LogP contribution in [-0.2, 0) is 0 Å².